The maximum absolute atomic E-state index is 13.0. The third-order valence-electron chi connectivity index (χ3n) is 2.63. The van der Waals surface area contributed by atoms with E-state index in [2.05, 4.69) is 26.1 Å². The highest BCUT2D eigenvalue weighted by molar-refractivity contribution is 9.10. The maximum Gasteiger partial charge on any atom is 0.417 e. The minimum absolute atomic E-state index is 0.0591. The Morgan fingerprint density at radius 1 is 1.32 bits per heavy atom. The first-order chi connectivity index (χ1) is 8.84. The normalized spacial score (nSPS) is 11.9. The lowest BCUT2D eigenvalue weighted by Crippen LogP contribution is -2.09. The first-order valence-electron chi connectivity index (χ1n) is 5.21. The molecule has 0 fully saturated rings. The van der Waals surface area contributed by atoms with E-state index in [1.807, 2.05) is 0 Å². The summed E-state index contributed by atoms with van der Waals surface area (Å²) in [5.41, 5.74) is -0.882. The highest BCUT2D eigenvalue weighted by Gasteiger charge is 2.35. The van der Waals surface area contributed by atoms with Gasteiger partial charge in [-0.15, -0.1) is 10.2 Å². The summed E-state index contributed by atoms with van der Waals surface area (Å²) >= 11 is 3.02. The molecule has 0 aliphatic rings. The summed E-state index contributed by atoms with van der Waals surface area (Å²) in [6.45, 7) is -0.388. The topological polar surface area (TPSA) is 50.9 Å². The zero-order chi connectivity index (χ0) is 14.2. The molecule has 0 radical (unpaired) electrons. The smallest absolute Gasteiger partial charge is 0.388 e. The van der Waals surface area contributed by atoms with Crippen molar-refractivity contribution < 1.29 is 18.3 Å². The molecule has 4 nitrogen and oxygen atoms in total. The van der Waals surface area contributed by atoms with Crippen molar-refractivity contribution in [3.8, 4) is 11.4 Å². The van der Waals surface area contributed by atoms with Crippen molar-refractivity contribution in [3.05, 3.63) is 34.1 Å². The van der Waals surface area contributed by atoms with Crippen molar-refractivity contribution >= 4 is 15.9 Å². The molecule has 19 heavy (non-hydrogen) atoms. The van der Waals surface area contributed by atoms with Crippen LogP contribution in [0.3, 0.4) is 0 Å². The molecule has 0 saturated heterocycles. The number of aromatic nitrogens is 3. The van der Waals surface area contributed by atoms with Gasteiger partial charge in [-0.3, -0.25) is 0 Å². The Hall–Kier alpha value is -1.41. The molecule has 2 aromatic rings. The molecule has 0 spiro atoms. The first kappa shape index (κ1) is 14.0. The third kappa shape index (κ3) is 2.64. The molecule has 0 aliphatic heterocycles. The zero-order valence-corrected chi connectivity index (χ0v) is 11.3. The van der Waals surface area contributed by atoms with E-state index in [1.165, 1.54) is 23.7 Å². The van der Waals surface area contributed by atoms with Gasteiger partial charge in [0.15, 0.2) is 11.6 Å². The Balaban J connectivity index is 2.65. The second kappa shape index (κ2) is 4.93. The zero-order valence-electron chi connectivity index (χ0n) is 9.74. The van der Waals surface area contributed by atoms with Gasteiger partial charge in [-0.25, -0.2) is 0 Å². The quantitative estimate of drug-likeness (QED) is 0.918. The van der Waals surface area contributed by atoms with Crippen LogP contribution in [-0.4, -0.2) is 19.9 Å². The highest BCUT2D eigenvalue weighted by Crippen LogP contribution is 2.37. The second-order valence-electron chi connectivity index (χ2n) is 3.84. The fourth-order valence-corrected chi connectivity index (χ4v) is 2.04. The number of hydrogen-bond donors (Lipinski definition) is 1. The van der Waals surface area contributed by atoms with Crippen molar-refractivity contribution in [3.63, 3.8) is 0 Å². The van der Waals surface area contributed by atoms with E-state index in [4.69, 9.17) is 5.11 Å². The molecular formula is C11H9BrF3N3O. The molecule has 0 atom stereocenters. The standard InChI is InChI=1S/C11H9BrF3N3O/c1-18-9(5-19)16-17-10(18)7-3-2-6(12)4-8(7)11(13,14)15/h2-4,19H,5H2,1H3. The predicted octanol–water partition coefficient (Wildman–Crippen LogP) is 2.76. The van der Waals surface area contributed by atoms with Crippen LogP contribution < -0.4 is 0 Å². The SMILES string of the molecule is Cn1c(CO)nnc1-c1ccc(Br)cc1C(F)(F)F. The Bertz CT molecular complexity index is 610. The summed E-state index contributed by atoms with van der Waals surface area (Å²) in [7, 11) is 1.50. The van der Waals surface area contributed by atoms with Crippen LogP contribution in [-0.2, 0) is 19.8 Å². The van der Waals surface area contributed by atoms with E-state index in [-0.39, 0.29) is 23.8 Å². The Morgan fingerprint density at radius 2 is 2.00 bits per heavy atom. The minimum Gasteiger partial charge on any atom is -0.388 e. The van der Waals surface area contributed by atoms with Gasteiger partial charge >= 0.3 is 6.18 Å². The molecule has 8 heteroatoms. The van der Waals surface area contributed by atoms with Gasteiger partial charge in [-0.1, -0.05) is 15.9 Å². The average Bonchev–Trinajstić information content (AvgIpc) is 2.69. The molecular weight excluding hydrogens is 327 g/mol. The third-order valence-corrected chi connectivity index (χ3v) is 3.13. The molecule has 102 valence electrons. The molecule has 1 heterocycles. The Kier molecular flexibility index (Phi) is 3.64. The summed E-state index contributed by atoms with van der Waals surface area (Å²) < 4.78 is 40.7. The van der Waals surface area contributed by atoms with Gasteiger partial charge in [0.05, 0.1) is 5.56 Å². The molecule has 0 unspecified atom stereocenters. The van der Waals surface area contributed by atoms with Gasteiger partial charge in [0.1, 0.15) is 6.61 Å². The lowest BCUT2D eigenvalue weighted by molar-refractivity contribution is -0.137. The van der Waals surface area contributed by atoms with Gasteiger partial charge in [-0.2, -0.15) is 13.2 Å². The molecule has 1 N–H and O–H groups in total. The lowest BCUT2D eigenvalue weighted by Gasteiger charge is -2.12. The molecule has 1 aromatic heterocycles. The van der Waals surface area contributed by atoms with Crippen LogP contribution in [0.5, 0.6) is 0 Å². The fourth-order valence-electron chi connectivity index (χ4n) is 1.68. The number of nitrogens with zero attached hydrogens (tertiary/aromatic N) is 3. The van der Waals surface area contributed by atoms with Crippen LogP contribution in [0.1, 0.15) is 11.4 Å². The van der Waals surface area contributed by atoms with Crippen molar-refractivity contribution in [2.45, 2.75) is 12.8 Å². The van der Waals surface area contributed by atoms with Crippen molar-refractivity contribution in [1.82, 2.24) is 14.8 Å². The molecule has 2 rings (SSSR count). The number of hydrogen-bond acceptors (Lipinski definition) is 3. The molecule has 1 aromatic carbocycles. The van der Waals surface area contributed by atoms with E-state index in [9.17, 15) is 13.2 Å². The van der Waals surface area contributed by atoms with Gasteiger partial charge in [0.2, 0.25) is 0 Å². The summed E-state index contributed by atoms with van der Waals surface area (Å²) in [5.74, 6) is 0.259. The van der Waals surface area contributed by atoms with Crippen LogP contribution in [0, 0.1) is 0 Å². The number of alkyl halides is 3. The van der Waals surface area contributed by atoms with Gasteiger partial charge < -0.3 is 9.67 Å². The van der Waals surface area contributed by atoms with E-state index in [0.717, 1.165) is 6.07 Å². The Labute approximate surface area is 115 Å². The number of benzene rings is 1. The van der Waals surface area contributed by atoms with E-state index in [1.54, 1.807) is 0 Å². The van der Waals surface area contributed by atoms with Gasteiger partial charge in [-0.05, 0) is 18.2 Å². The van der Waals surface area contributed by atoms with Gasteiger partial charge in [0, 0.05) is 17.1 Å². The number of rotatable bonds is 2. The van der Waals surface area contributed by atoms with E-state index < -0.39 is 11.7 Å². The Morgan fingerprint density at radius 3 is 2.53 bits per heavy atom. The monoisotopic (exact) mass is 335 g/mol. The van der Waals surface area contributed by atoms with Crippen molar-refractivity contribution in [2.24, 2.45) is 7.05 Å². The highest BCUT2D eigenvalue weighted by atomic mass is 79.9. The molecule has 0 bridgehead atoms. The summed E-state index contributed by atoms with van der Waals surface area (Å²) in [6, 6.07) is 3.80. The van der Waals surface area contributed by atoms with Crippen molar-refractivity contribution in [2.75, 3.05) is 0 Å². The molecule has 0 saturated carbocycles. The van der Waals surface area contributed by atoms with Crippen LogP contribution in [0.2, 0.25) is 0 Å². The van der Waals surface area contributed by atoms with E-state index in [0.29, 0.717) is 4.47 Å². The first-order valence-corrected chi connectivity index (χ1v) is 6.00. The number of aliphatic hydroxyl groups excluding tert-OH is 1. The number of halogens is 4. The largest absolute Gasteiger partial charge is 0.417 e. The fraction of sp³-hybridized carbons (Fsp3) is 0.273. The van der Waals surface area contributed by atoms with Crippen LogP contribution in [0.4, 0.5) is 13.2 Å². The molecule has 0 aliphatic carbocycles. The molecule has 0 amide bonds. The van der Waals surface area contributed by atoms with Gasteiger partial charge in [0.25, 0.3) is 0 Å². The van der Waals surface area contributed by atoms with Crippen molar-refractivity contribution in [1.29, 1.82) is 0 Å². The summed E-state index contributed by atoms with van der Waals surface area (Å²) in [6.07, 6.45) is -4.50. The van der Waals surface area contributed by atoms with Crippen LogP contribution in [0.15, 0.2) is 22.7 Å². The minimum atomic E-state index is -4.50. The summed E-state index contributed by atoms with van der Waals surface area (Å²) in [4.78, 5) is 0. The van der Waals surface area contributed by atoms with E-state index >= 15 is 0 Å². The summed E-state index contributed by atoms with van der Waals surface area (Å²) in [5, 5.41) is 16.3. The maximum atomic E-state index is 13.0. The van der Waals surface area contributed by atoms with Crippen LogP contribution in [0.25, 0.3) is 11.4 Å². The lowest BCUT2D eigenvalue weighted by atomic mass is 10.1. The predicted molar refractivity (Wildman–Crippen MR) is 65.1 cm³/mol. The number of aliphatic hydroxyl groups is 1. The average molecular weight is 336 g/mol. The second-order valence-corrected chi connectivity index (χ2v) is 4.76. The van der Waals surface area contributed by atoms with Crippen LogP contribution >= 0.6 is 15.9 Å².